The highest BCUT2D eigenvalue weighted by Gasteiger charge is 2.26. The van der Waals surface area contributed by atoms with Crippen molar-refractivity contribution in [1.82, 2.24) is 10.4 Å². The summed E-state index contributed by atoms with van der Waals surface area (Å²) in [6, 6.07) is 0. The Balaban J connectivity index is 2.41. The van der Waals surface area contributed by atoms with E-state index in [0.29, 0.717) is 13.1 Å². The molecule has 1 fully saturated rings. The lowest BCUT2D eigenvalue weighted by atomic mass is 10.0. The zero-order valence-corrected chi connectivity index (χ0v) is 9.40. The number of nitrogens with one attached hydrogen (secondary N) is 1. The second-order valence-corrected chi connectivity index (χ2v) is 3.77. The molecule has 0 amide bonds. The molecular formula is C10H20N2O3. The standard InChI is InChI=1S/C10H20N2O3/c1-3-8(4-2)10(13)15-9-7-11-5-6-12(9)14/h8-9,11,14H,3-7H2,1-2H3. The molecule has 1 heterocycles. The fourth-order valence-corrected chi connectivity index (χ4v) is 1.62. The Morgan fingerprint density at radius 2 is 2.27 bits per heavy atom. The number of piperazine rings is 1. The van der Waals surface area contributed by atoms with Gasteiger partial charge in [-0.15, -0.1) is 0 Å². The van der Waals surface area contributed by atoms with Crippen molar-refractivity contribution in [2.75, 3.05) is 19.6 Å². The molecule has 15 heavy (non-hydrogen) atoms. The Kier molecular flexibility index (Phi) is 5.01. The first kappa shape index (κ1) is 12.4. The molecule has 0 bridgehead atoms. The molecule has 0 aromatic heterocycles. The second kappa shape index (κ2) is 6.05. The number of nitrogens with zero attached hydrogens (tertiary/aromatic N) is 1. The molecule has 1 aliphatic heterocycles. The molecule has 1 atom stereocenters. The van der Waals surface area contributed by atoms with Crippen LogP contribution in [0.2, 0.25) is 0 Å². The van der Waals surface area contributed by atoms with Crippen LogP contribution in [0.1, 0.15) is 26.7 Å². The van der Waals surface area contributed by atoms with Crippen LogP contribution < -0.4 is 5.32 Å². The van der Waals surface area contributed by atoms with Gasteiger partial charge < -0.3 is 15.3 Å². The van der Waals surface area contributed by atoms with Crippen LogP contribution in [0.4, 0.5) is 0 Å². The molecule has 1 aliphatic rings. The van der Waals surface area contributed by atoms with Gasteiger partial charge >= 0.3 is 5.97 Å². The van der Waals surface area contributed by atoms with Gasteiger partial charge in [0.2, 0.25) is 0 Å². The lowest BCUT2D eigenvalue weighted by molar-refractivity contribution is -0.225. The van der Waals surface area contributed by atoms with E-state index in [1.807, 2.05) is 13.8 Å². The highest BCUT2D eigenvalue weighted by Crippen LogP contribution is 2.12. The number of rotatable bonds is 4. The highest BCUT2D eigenvalue weighted by molar-refractivity contribution is 5.72. The highest BCUT2D eigenvalue weighted by atomic mass is 16.6. The molecular weight excluding hydrogens is 196 g/mol. The minimum absolute atomic E-state index is 0.0553. The molecule has 0 aromatic rings. The van der Waals surface area contributed by atoms with Gasteiger partial charge in [-0.3, -0.25) is 4.79 Å². The smallest absolute Gasteiger partial charge is 0.310 e. The average Bonchev–Trinajstić information content (AvgIpc) is 2.23. The van der Waals surface area contributed by atoms with Crippen molar-refractivity contribution < 1.29 is 14.7 Å². The van der Waals surface area contributed by atoms with Gasteiger partial charge in [-0.1, -0.05) is 13.8 Å². The van der Waals surface area contributed by atoms with E-state index in [0.717, 1.165) is 24.4 Å². The third kappa shape index (κ3) is 3.44. The number of hydrogen-bond donors (Lipinski definition) is 2. The molecule has 0 saturated carbocycles. The Morgan fingerprint density at radius 1 is 1.60 bits per heavy atom. The number of hydroxylamine groups is 2. The van der Waals surface area contributed by atoms with Crippen molar-refractivity contribution in [1.29, 1.82) is 0 Å². The van der Waals surface area contributed by atoms with Crippen molar-refractivity contribution in [2.45, 2.75) is 32.9 Å². The molecule has 1 unspecified atom stereocenters. The lowest BCUT2D eigenvalue weighted by Crippen LogP contribution is -2.52. The van der Waals surface area contributed by atoms with Gasteiger partial charge in [0.15, 0.2) is 6.23 Å². The van der Waals surface area contributed by atoms with Crippen LogP contribution in [0.5, 0.6) is 0 Å². The molecule has 0 radical (unpaired) electrons. The predicted molar refractivity (Wildman–Crippen MR) is 55.3 cm³/mol. The average molecular weight is 216 g/mol. The van der Waals surface area contributed by atoms with Crippen molar-refractivity contribution in [3.63, 3.8) is 0 Å². The normalized spacial score (nSPS) is 23.1. The summed E-state index contributed by atoms with van der Waals surface area (Å²) >= 11 is 0. The van der Waals surface area contributed by atoms with Gasteiger partial charge in [-0.05, 0) is 12.8 Å². The van der Waals surface area contributed by atoms with Crippen LogP contribution in [0.25, 0.3) is 0 Å². The number of carbonyl (C=O) groups is 1. The zero-order chi connectivity index (χ0) is 11.3. The quantitative estimate of drug-likeness (QED) is 0.673. The first-order valence-corrected chi connectivity index (χ1v) is 5.55. The third-order valence-corrected chi connectivity index (χ3v) is 2.74. The summed E-state index contributed by atoms with van der Waals surface area (Å²) in [6.07, 6.45) is 1.02. The minimum Gasteiger partial charge on any atom is -0.443 e. The van der Waals surface area contributed by atoms with Crippen LogP contribution in [0, 0.1) is 5.92 Å². The van der Waals surface area contributed by atoms with Crippen LogP contribution in [0.15, 0.2) is 0 Å². The van der Waals surface area contributed by atoms with Crippen LogP contribution in [-0.2, 0) is 9.53 Å². The summed E-state index contributed by atoms with van der Waals surface area (Å²) in [7, 11) is 0. The zero-order valence-electron chi connectivity index (χ0n) is 9.40. The Labute approximate surface area is 90.4 Å². The maximum Gasteiger partial charge on any atom is 0.310 e. The third-order valence-electron chi connectivity index (χ3n) is 2.74. The fourth-order valence-electron chi connectivity index (χ4n) is 1.62. The maximum absolute atomic E-state index is 11.6. The van der Waals surface area contributed by atoms with E-state index in [-0.39, 0.29) is 11.9 Å². The monoisotopic (exact) mass is 216 g/mol. The maximum atomic E-state index is 11.6. The fraction of sp³-hybridized carbons (Fsp3) is 0.900. The van der Waals surface area contributed by atoms with E-state index >= 15 is 0 Å². The molecule has 5 nitrogen and oxygen atoms in total. The Hall–Kier alpha value is -0.650. The summed E-state index contributed by atoms with van der Waals surface area (Å²) in [5, 5.41) is 13.6. The Bertz CT molecular complexity index is 207. The van der Waals surface area contributed by atoms with Gasteiger partial charge in [0, 0.05) is 19.6 Å². The molecule has 5 heteroatoms. The van der Waals surface area contributed by atoms with E-state index in [1.54, 1.807) is 0 Å². The van der Waals surface area contributed by atoms with Crippen molar-refractivity contribution >= 4 is 5.97 Å². The van der Waals surface area contributed by atoms with Crippen molar-refractivity contribution in [2.24, 2.45) is 5.92 Å². The first-order valence-electron chi connectivity index (χ1n) is 5.55. The predicted octanol–water partition coefficient (Wildman–Crippen LogP) is 0.586. The minimum atomic E-state index is -0.535. The Morgan fingerprint density at radius 3 is 2.80 bits per heavy atom. The van der Waals surface area contributed by atoms with Gasteiger partial charge in [0.05, 0.1) is 5.92 Å². The topological polar surface area (TPSA) is 61.8 Å². The summed E-state index contributed by atoms with van der Waals surface area (Å²) in [6.45, 7) is 5.62. The van der Waals surface area contributed by atoms with E-state index in [1.165, 1.54) is 0 Å². The summed E-state index contributed by atoms with van der Waals surface area (Å²) in [5.74, 6) is -0.270. The van der Waals surface area contributed by atoms with Crippen molar-refractivity contribution in [3.05, 3.63) is 0 Å². The molecule has 0 aromatic carbocycles. The number of hydrogen-bond acceptors (Lipinski definition) is 5. The van der Waals surface area contributed by atoms with E-state index in [4.69, 9.17) is 4.74 Å². The van der Waals surface area contributed by atoms with Crippen LogP contribution >= 0.6 is 0 Å². The molecule has 1 saturated heterocycles. The SMILES string of the molecule is CCC(CC)C(=O)OC1CNCCN1O. The van der Waals surface area contributed by atoms with Gasteiger partial charge in [0.25, 0.3) is 0 Å². The molecule has 0 aliphatic carbocycles. The van der Waals surface area contributed by atoms with E-state index < -0.39 is 6.23 Å². The summed E-state index contributed by atoms with van der Waals surface area (Å²) < 4.78 is 5.22. The van der Waals surface area contributed by atoms with Crippen LogP contribution in [0.3, 0.4) is 0 Å². The van der Waals surface area contributed by atoms with Gasteiger partial charge in [-0.25, -0.2) is 0 Å². The van der Waals surface area contributed by atoms with Gasteiger partial charge in [0.1, 0.15) is 0 Å². The number of esters is 1. The molecule has 0 spiro atoms. The first-order chi connectivity index (χ1) is 7.19. The summed E-state index contributed by atoms with van der Waals surface area (Å²) in [4.78, 5) is 11.6. The summed E-state index contributed by atoms with van der Waals surface area (Å²) in [5.41, 5.74) is 0. The van der Waals surface area contributed by atoms with Crippen LogP contribution in [-0.4, -0.2) is 42.1 Å². The second-order valence-electron chi connectivity index (χ2n) is 3.77. The van der Waals surface area contributed by atoms with E-state index in [9.17, 15) is 10.0 Å². The van der Waals surface area contributed by atoms with E-state index in [2.05, 4.69) is 5.32 Å². The molecule has 1 rings (SSSR count). The number of carbonyl (C=O) groups excluding carboxylic acids is 1. The largest absolute Gasteiger partial charge is 0.443 e. The van der Waals surface area contributed by atoms with Crippen molar-refractivity contribution in [3.8, 4) is 0 Å². The van der Waals surface area contributed by atoms with Gasteiger partial charge in [-0.2, -0.15) is 5.06 Å². The molecule has 88 valence electrons. The lowest BCUT2D eigenvalue weighted by Gasteiger charge is -2.31. The molecule has 2 N–H and O–H groups in total. The number of ether oxygens (including phenoxy) is 1.